The molecule has 1 fully saturated rings. The van der Waals surface area contributed by atoms with Crippen LogP contribution >= 0.6 is 0 Å². The monoisotopic (exact) mass is 181 g/mol. The van der Waals surface area contributed by atoms with Crippen molar-refractivity contribution in [3.63, 3.8) is 0 Å². The maximum atomic E-state index is 11.7. The fraction of sp³-hybridized carbons (Fsp3) is 0.700. The van der Waals surface area contributed by atoms with Crippen LogP contribution in [0, 0.1) is 18.3 Å². The molecule has 0 radical (unpaired) electrons. The average Bonchev–Trinajstić information content (AvgIpc) is 2.50. The highest BCUT2D eigenvalue weighted by atomic mass is 16.5. The summed E-state index contributed by atoms with van der Waals surface area (Å²) in [5, 5.41) is 0. The molecule has 72 valence electrons. The van der Waals surface area contributed by atoms with Crippen LogP contribution in [0.15, 0.2) is 0 Å². The van der Waals surface area contributed by atoms with Gasteiger partial charge in [0.25, 0.3) is 5.91 Å². The maximum absolute atomic E-state index is 11.7. The van der Waals surface area contributed by atoms with E-state index in [0.717, 1.165) is 6.42 Å². The Morgan fingerprint density at radius 2 is 2.46 bits per heavy atom. The molecule has 0 spiro atoms. The lowest BCUT2D eigenvalue weighted by atomic mass is 10.0. The molecule has 0 aromatic heterocycles. The molecule has 0 saturated carbocycles. The number of terminal acetylenes is 1. The molecule has 1 amide bonds. The Bertz CT molecular complexity index is 232. The number of rotatable bonds is 2. The van der Waals surface area contributed by atoms with E-state index in [-0.39, 0.29) is 12.0 Å². The van der Waals surface area contributed by atoms with E-state index >= 15 is 0 Å². The fourth-order valence-corrected chi connectivity index (χ4v) is 1.44. The van der Waals surface area contributed by atoms with Crippen LogP contribution in [0.4, 0.5) is 0 Å². The van der Waals surface area contributed by atoms with Crippen LogP contribution in [0.3, 0.4) is 0 Å². The molecule has 1 rings (SSSR count). The van der Waals surface area contributed by atoms with Gasteiger partial charge in [0.05, 0.1) is 6.54 Å². The molecule has 1 aliphatic rings. The third kappa shape index (κ3) is 2.22. The van der Waals surface area contributed by atoms with Gasteiger partial charge in [-0.25, -0.2) is 0 Å². The van der Waals surface area contributed by atoms with E-state index in [9.17, 15) is 4.79 Å². The highest BCUT2D eigenvalue weighted by Gasteiger charge is 2.32. The molecule has 0 aromatic rings. The molecule has 1 saturated heterocycles. The molecule has 0 N–H and O–H groups in total. The molecule has 0 bridgehead atoms. The SMILES string of the molecule is C#CCN(C)C(=O)C1OCCC1C. The summed E-state index contributed by atoms with van der Waals surface area (Å²) in [7, 11) is 1.70. The summed E-state index contributed by atoms with van der Waals surface area (Å²) in [5.74, 6) is 2.75. The largest absolute Gasteiger partial charge is 0.368 e. The van der Waals surface area contributed by atoms with Crippen molar-refractivity contribution in [2.24, 2.45) is 5.92 Å². The van der Waals surface area contributed by atoms with Crippen molar-refractivity contribution in [3.05, 3.63) is 0 Å². The summed E-state index contributed by atoms with van der Waals surface area (Å²) >= 11 is 0. The molecule has 1 aliphatic heterocycles. The van der Waals surface area contributed by atoms with Gasteiger partial charge in [-0.1, -0.05) is 12.8 Å². The van der Waals surface area contributed by atoms with Crippen LogP contribution in [0.25, 0.3) is 0 Å². The van der Waals surface area contributed by atoms with Crippen molar-refractivity contribution in [2.75, 3.05) is 20.2 Å². The molecular weight excluding hydrogens is 166 g/mol. The zero-order valence-electron chi connectivity index (χ0n) is 8.12. The Balaban J connectivity index is 2.52. The van der Waals surface area contributed by atoms with Gasteiger partial charge >= 0.3 is 0 Å². The summed E-state index contributed by atoms with van der Waals surface area (Å²) in [4.78, 5) is 13.2. The van der Waals surface area contributed by atoms with E-state index < -0.39 is 0 Å². The lowest BCUT2D eigenvalue weighted by Crippen LogP contribution is -2.38. The van der Waals surface area contributed by atoms with Crippen molar-refractivity contribution in [3.8, 4) is 12.3 Å². The number of likely N-dealkylation sites (N-methyl/N-ethyl adjacent to an activating group) is 1. The van der Waals surface area contributed by atoms with Gasteiger partial charge in [-0.2, -0.15) is 0 Å². The van der Waals surface area contributed by atoms with Gasteiger partial charge in [-0.3, -0.25) is 4.79 Å². The van der Waals surface area contributed by atoms with Crippen molar-refractivity contribution >= 4 is 5.91 Å². The molecule has 0 aromatic carbocycles. The van der Waals surface area contributed by atoms with E-state index in [2.05, 4.69) is 5.92 Å². The molecule has 1 heterocycles. The average molecular weight is 181 g/mol. The van der Waals surface area contributed by atoms with Crippen LogP contribution in [-0.2, 0) is 9.53 Å². The Kier molecular flexibility index (Phi) is 3.32. The first-order valence-electron chi connectivity index (χ1n) is 4.47. The molecule has 13 heavy (non-hydrogen) atoms. The van der Waals surface area contributed by atoms with Crippen molar-refractivity contribution in [1.82, 2.24) is 4.90 Å². The molecular formula is C10H15NO2. The number of hydrogen-bond acceptors (Lipinski definition) is 2. The second-order valence-corrected chi connectivity index (χ2v) is 3.46. The van der Waals surface area contributed by atoms with Gasteiger partial charge < -0.3 is 9.64 Å². The number of carbonyl (C=O) groups is 1. The van der Waals surface area contributed by atoms with E-state index in [0.29, 0.717) is 19.1 Å². The van der Waals surface area contributed by atoms with Crippen molar-refractivity contribution in [1.29, 1.82) is 0 Å². The summed E-state index contributed by atoms with van der Waals surface area (Å²) in [6.07, 6.45) is 5.80. The van der Waals surface area contributed by atoms with Gasteiger partial charge in [-0.15, -0.1) is 6.42 Å². The first-order chi connectivity index (χ1) is 6.16. The third-order valence-corrected chi connectivity index (χ3v) is 2.34. The van der Waals surface area contributed by atoms with Crippen LogP contribution in [-0.4, -0.2) is 37.1 Å². The molecule has 3 heteroatoms. The predicted molar refractivity (Wildman–Crippen MR) is 50.0 cm³/mol. The van der Waals surface area contributed by atoms with E-state index in [1.807, 2.05) is 6.92 Å². The molecule has 2 unspecified atom stereocenters. The van der Waals surface area contributed by atoms with Gasteiger partial charge in [0.15, 0.2) is 0 Å². The number of carbonyl (C=O) groups excluding carboxylic acids is 1. The van der Waals surface area contributed by atoms with E-state index in [4.69, 9.17) is 11.2 Å². The number of hydrogen-bond donors (Lipinski definition) is 0. The normalized spacial score (nSPS) is 26.8. The predicted octanol–water partition coefficient (Wildman–Crippen LogP) is 0.503. The van der Waals surface area contributed by atoms with Gasteiger partial charge in [-0.05, 0) is 12.3 Å². The molecule has 0 aliphatic carbocycles. The Morgan fingerprint density at radius 1 is 1.77 bits per heavy atom. The van der Waals surface area contributed by atoms with Crippen LogP contribution in [0.1, 0.15) is 13.3 Å². The number of nitrogens with zero attached hydrogens (tertiary/aromatic N) is 1. The van der Waals surface area contributed by atoms with Gasteiger partial charge in [0.1, 0.15) is 6.10 Å². The minimum atomic E-state index is -0.279. The van der Waals surface area contributed by atoms with E-state index in [1.165, 1.54) is 4.90 Å². The van der Waals surface area contributed by atoms with Crippen LogP contribution in [0.2, 0.25) is 0 Å². The van der Waals surface area contributed by atoms with Crippen molar-refractivity contribution < 1.29 is 9.53 Å². The first kappa shape index (κ1) is 10.1. The second-order valence-electron chi connectivity index (χ2n) is 3.46. The number of ether oxygens (including phenoxy) is 1. The fourth-order valence-electron chi connectivity index (χ4n) is 1.44. The van der Waals surface area contributed by atoms with Crippen LogP contribution < -0.4 is 0 Å². The Hall–Kier alpha value is -1.01. The first-order valence-corrected chi connectivity index (χ1v) is 4.47. The van der Waals surface area contributed by atoms with E-state index in [1.54, 1.807) is 7.05 Å². The summed E-state index contributed by atoms with van der Waals surface area (Å²) in [5.41, 5.74) is 0. The lowest BCUT2D eigenvalue weighted by Gasteiger charge is -2.20. The highest BCUT2D eigenvalue weighted by Crippen LogP contribution is 2.21. The smallest absolute Gasteiger partial charge is 0.252 e. The Labute approximate surface area is 79.1 Å². The van der Waals surface area contributed by atoms with Gasteiger partial charge in [0.2, 0.25) is 0 Å². The summed E-state index contributed by atoms with van der Waals surface area (Å²) in [6.45, 7) is 3.06. The zero-order valence-corrected chi connectivity index (χ0v) is 8.12. The highest BCUT2D eigenvalue weighted by molar-refractivity contribution is 5.81. The third-order valence-electron chi connectivity index (χ3n) is 2.34. The summed E-state index contributed by atoms with van der Waals surface area (Å²) in [6, 6.07) is 0. The standard InChI is InChI=1S/C10H15NO2/c1-4-6-11(3)10(12)9-8(2)5-7-13-9/h1,8-9H,5-7H2,2-3H3. The maximum Gasteiger partial charge on any atom is 0.252 e. The minimum absolute atomic E-state index is 0.00273. The second kappa shape index (κ2) is 4.29. The van der Waals surface area contributed by atoms with Gasteiger partial charge in [0, 0.05) is 13.7 Å². The molecule has 2 atom stereocenters. The quantitative estimate of drug-likeness (QED) is 0.581. The summed E-state index contributed by atoms with van der Waals surface area (Å²) < 4.78 is 5.33. The molecule has 3 nitrogen and oxygen atoms in total. The zero-order chi connectivity index (χ0) is 9.84. The Morgan fingerprint density at radius 3 is 2.92 bits per heavy atom. The van der Waals surface area contributed by atoms with Crippen LogP contribution in [0.5, 0.6) is 0 Å². The minimum Gasteiger partial charge on any atom is -0.368 e. The topological polar surface area (TPSA) is 29.5 Å². The lowest BCUT2D eigenvalue weighted by molar-refractivity contribution is -0.140. The number of amides is 1. The van der Waals surface area contributed by atoms with Crippen molar-refractivity contribution in [2.45, 2.75) is 19.4 Å².